The summed E-state index contributed by atoms with van der Waals surface area (Å²) in [5, 5.41) is 0.500. The third-order valence-corrected chi connectivity index (χ3v) is 6.07. The largest absolute Gasteiger partial charge is 0.484 e. The predicted octanol–water partition coefficient (Wildman–Crippen LogP) is 4.77. The molecule has 192 valence electrons. The molecule has 8 nitrogen and oxygen atoms in total. The monoisotopic (exact) mass is 513 g/mol. The van der Waals surface area contributed by atoms with Crippen LogP contribution in [0.1, 0.15) is 38.8 Å². The average Bonchev–Trinajstić information content (AvgIpc) is 2.83. The molecule has 0 bridgehead atoms. The van der Waals surface area contributed by atoms with E-state index < -0.39 is 24.0 Å². The Hall–Kier alpha value is -3.39. The number of para-hydroxylation sites is 1. The van der Waals surface area contributed by atoms with Gasteiger partial charge in [-0.2, -0.15) is 0 Å². The Bertz CT molecular complexity index is 1110. The molecule has 0 saturated carbocycles. The number of ether oxygens (including phenoxy) is 2. The molecule has 1 aliphatic heterocycles. The van der Waals surface area contributed by atoms with Crippen LogP contribution in [0.4, 0.5) is 4.79 Å². The highest BCUT2D eigenvalue weighted by molar-refractivity contribution is 6.30. The van der Waals surface area contributed by atoms with Gasteiger partial charge in [-0.3, -0.25) is 9.59 Å². The molecule has 3 rings (SSSR count). The number of halogens is 1. The van der Waals surface area contributed by atoms with E-state index in [4.69, 9.17) is 21.1 Å². The third kappa shape index (κ3) is 7.07. The molecule has 1 aliphatic rings. The maximum Gasteiger partial charge on any atom is 0.344 e. The van der Waals surface area contributed by atoms with Crippen LogP contribution in [0, 0.1) is 5.92 Å². The van der Waals surface area contributed by atoms with Crippen molar-refractivity contribution in [2.24, 2.45) is 10.9 Å². The Morgan fingerprint density at radius 2 is 1.86 bits per heavy atom. The predicted molar refractivity (Wildman–Crippen MR) is 138 cm³/mol. The van der Waals surface area contributed by atoms with E-state index in [-0.39, 0.29) is 25.2 Å². The average molecular weight is 514 g/mol. The quantitative estimate of drug-likeness (QED) is 0.427. The lowest BCUT2D eigenvalue weighted by atomic mass is 9.86. The molecular formula is C27H32ClN3O5. The van der Waals surface area contributed by atoms with Crippen molar-refractivity contribution in [2.75, 3.05) is 26.7 Å². The normalized spacial score (nSPS) is 17.6. The first kappa shape index (κ1) is 27.2. The van der Waals surface area contributed by atoms with Crippen LogP contribution < -0.4 is 4.74 Å². The van der Waals surface area contributed by atoms with Gasteiger partial charge >= 0.3 is 12.0 Å². The van der Waals surface area contributed by atoms with Crippen molar-refractivity contribution in [3.63, 3.8) is 0 Å². The first-order valence-corrected chi connectivity index (χ1v) is 12.3. The summed E-state index contributed by atoms with van der Waals surface area (Å²) in [7, 11) is 1.69. The highest BCUT2D eigenvalue weighted by Crippen LogP contribution is 2.36. The van der Waals surface area contributed by atoms with Crippen LogP contribution in [0.15, 0.2) is 59.6 Å². The van der Waals surface area contributed by atoms with Crippen molar-refractivity contribution in [3.8, 4) is 5.75 Å². The summed E-state index contributed by atoms with van der Waals surface area (Å²) in [6.07, 6.45) is 0.172. The zero-order chi connectivity index (χ0) is 26.2. The van der Waals surface area contributed by atoms with Crippen LogP contribution >= 0.6 is 11.6 Å². The number of nitrogens with zero attached hydrogens (tertiary/aromatic N) is 3. The van der Waals surface area contributed by atoms with Crippen molar-refractivity contribution < 1.29 is 23.9 Å². The minimum absolute atomic E-state index is 0.0824. The van der Waals surface area contributed by atoms with E-state index in [1.165, 1.54) is 0 Å². The van der Waals surface area contributed by atoms with Gasteiger partial charge in [0.15, 0.2) is 6.61 Å². The Balaban J connectivity index is 1.72. The maximum atomic E-state index is 13.1. The zero-order valence-corrected chi connectivity index (χ0v) is 21.8. The second-order valence-electron chi connectivity index (χ2n) is 8.96. The van der Waals surface area contributed by atoms with Crippen molar-refractivity contribution in [1.29, 1.82) is 0 Å². The molecule has 1 heterocycles. The first-order chi connectivity index (χ1) is 17.2. The molecule has 0 saturated heterocycles. The fourth-order valence-electron chi connectivity index (χ4n) is 4.09. The van der Waals surface area contributed by atoms with Crippen LogP contribution in [0.3, 0.4) is 0 Å². The Kier molecular flexibility index (Phi) is 9.47. The summed E-state index contributed by atoms with van der Waals surface area (Å²) < 4.78 is 11.0. The van der Waals surface area contributed by atoms with E-state index in [1.807, 2.05) is 24.3 Å². The van der Waals surface area contributed by atoms with E-state index in [9.17, 15) is 14.4 Å². The zero-order valence-electron chi connectivity index (χ0n) is 21.0. The molecule has 0 aromatic heterocycles. The Labute approximate surface area is 216 Å². The molecular weight excluding hydrogens is 482 g/mol. The number of esters is 1. The van der Waals surface area contributed by atoms with E-state index in [1.54, 1.807) is 68.0 Å². The molecule has 2 atom stereocenters. The molecule has 0 radical (unpaired) electrons. The van der Waals surface area contributed by atoms with Gasteiger partial charge in [0.05, 0.1) is 12.1 Å². The number of carbonyl (C=O) groups excluding carboxylic acids is 3. The van der Waals surface area contributed by atoms with Gasteiger partial charge in [0, 0.05) is 30.9 Å². The van der Waals surface area contributed by atoms with Crippen LogP contribution in [0.25, 0.3) is 0 Å². The van der Waals surface area contributed by atoms with Gasteiger partial charge in [0.25, 0.3) is 5.91 Å². The topological polar surface area (TPSA) is 88.5 Å². The van der Waals surface area contributed by atoms with Gasteiger partial charge < -0.3 is 19.3 Å². The molecule has 3 amide bonds. The highest BCUT2D eigenvalue weighted by atomic mass is 35.5. The van der Waals surface area contributed by atoms with Gasteiger partial charge in [-0.05, 0) is 57.0 Å². The number of likely N-dealkylation sites (N-methyl/N-ethyl adjacent to an activating group) is 1. The molecule has 0 N–H and O–H groups in total. The number of carbonyl (C=O) groups is 3. The van der Waals surface area contributed by atoms with Crippen molar-refractivity contribution in [1.82, 2.24) is 9.80 Å². The standard InChI is InChI=1S/C27H32ClN3O5/c1-18(2)36-26(33)24-19(3)29-27(34)31(25(24)20-10-8-11-21(28)16-20)15-9-14-30(4)23(32)17-35-22-12-6-5-7-13-22/h5-8,10-13,16,18,24-25H,9,14-15,17H2,1-4H3. The molecule has 9 heteroatoms. The van der Waals surface area contributed by atoms with E-state index in [0.29, 0.717) is 29.4 Å². The molecule has 0 spiro atoms. The maximum absolute atomic E-state index is 13.1. The lowest BCUT2D eigenvalue weighted by Gasteiger charge is -2.39. The molecule has 2 unspecified atom stereocenters. The molecule has 36 heavy (non-hydrogen) atoms. The number of amides is 3. The summed E-state index contributed by atoms with van der Waals surface area (Å²) in [4.78, 5) is 45.8. The number of benzene rings is 2. The number of urea groups is 1. The third-order valence-electron chi connectivity index (χ3n) is 5.84. The number of hydrogen-bond acceptors (Lipinski definition) is 5. The van der Waals surface area contributed by atoms with Gasteiger partial charge in [-0.15, -0.1) is 0 Å². The van der Waals surface area contributed by atoms with Crippen LogP contribution in [-0.2, 0) is 14.3 Å². The van der Waals surface area contributed by atoms with E-state index in [0.717, 1.165) is 5.56 Å². The first-order valence-electron chi connectivity index (χ1n) is 11.9. The summed E-state index contributed by atoms with van der Waals surface area (Å²) >= 11 is 6.25. The summed E-state index contributed by atoms with van der Waals surface area (Å²) in [5.41, 5.74) is 1.12. The number of rotatable bonds is 10. The van der Waals surface area contributed by atoms with Gasteiger partial charge in [-0.25, -0.2) is 9.79 Å². The van der Waals surface area contributed by atoms with Crippen molar-refractivity contribution in [3.05, 3.63) is 65.2 Å². The second-order valence-corrected chi connectivity index (χ2v) is 9.40. The molecule has 0 aliphatic carbocycles. The summed E-state index contributed by atoms with van der Waals surface area (Å²) in [5.74, 6) is -0.765. The van der Waals surface area contributed by atoms with E-state index in [2.05, 4.69) is 4.99 Å². The fraction of sp³-hybridized carbons (Fsp3) is 0.407. The number of hydrogen-bond donors (Lipinski definition) is 0. The smallest absolute Gasteiger partial charge is 0.344 e. The lowest BCUT2D eigenvalue weighted by Crippen LogP contribution is -2.48. The minimum atomic E-state index is -0.762. The Morgan fingerprint density at radius 3 is 2.53 bits per heavy atom. The highest BCUT2D eigenvalue weighted by Gasteiger charge is 2.43. The molecule has 2 aromatic carbocycles. The summed E-state index contributed by atoms with van der Waals surface area (Å²) in [6.45, 7) is 5.82. The van der Waals surface area contributed by atoms with Gasteiger partial charge in [0.2, 0.25) is 0 Å². The minimum Gasteiger partial charge on any atom is -0.484 e. The second kappa shape index (κ2) is 12.5. The van der Waals surface area contributed by atoms with Crippen LogP contribution in [0.2, 0.25) is 5.02 Å². The molecule has 2 aromatic rings. The van der Waals surface area contributed by atoms with Crippen molar-refractivity contribution >= 4 is 35.2 Å². The van der Waals surface area contributed by atoms with Crippen LogP contribution in [0.5, 0.6) is 5.75 Å². The van der Waals surface area contributed by atoms with Crippen molar-refractivity contribution in [2.45, 2.75) is 39.3 Å². The van der Waals surface area contributed by atoms with E-state index >= 15 is 0 Å². The fourth-order valence-corrected chi connectivity index (χ4v) is 4.29. The number of aliphatic imine (C=N–C) groups is 1. The SMILES string of the molecule is CC1=NC(=O)N(CCCN(C)C(=O)COc2ccccc2)C(c2cccc(Cl)c2)C1C(=O)OC(C)C. The molecule has 0 fully saturated rings. The van der Waals surface area contributed by atoms with Gasteiger partial charge in [0.1, 0.15) is 11.7 Å². The van der Waals surface area contributed by atoms with Crippen LogP contribution in [-0.4, -0.2) is 66.3 Å². The summed E-state index contributed by atoms with van der Waals surface area (Å²) in [6, 6.07) is 15.2. The lowest BCUT2D eigenvalue weighted by molar-refractivity contribution is -0.151. The Morgan fingerprint density at radius 1 is 1.14 bits per heavy atom. The van der Waals surface area contributed by atoms with Gasteiger partial charge in [-0.1, -0.05) is 41.9 Å².